The zero-order valence-corrected chi connectivity index (χ0v) is 10.6. The highest BCUT2D eigenvalue weighted by molar-refractivity contribution is 5.81. The minimum Gasteiger partial charge on any atom is -0.394 e. The molecule has 0 aromatic rings. The molecule has 0 spiro atoms. The minimum atomic E-state index is -0.222. The summed E-state index contributed by atoms with van der Waals surface area (Å²) < 4.78 is 0. The summed E-state index contributed by atoms with van der Waals surface area (Å²) in [5.74, 6) is -0.0777. The average Bonchev–Trinajstić information content (AvgIpc) is 2.37. The molecular formula is C12H22N2O3. The number of amides is 2. The maximum Gasteiger partial charge on any atom is 0.225 e. The largest absolute Gasteiger partial charge is 0.394 e. The van der Waals surface area contributed by atoms with Crippen molar-refractivity contribution in [1.82, 2.24) is 10.2 Å². The summed E-state index contributed by atoms with van der Waals surface area (Å²) in [6.07, 6.45) is 2.18. The fourth-order valence-electron chi connectivity index (χ4n) is 2.05. The van der Waals surface area contributed by atoms with Crippen molar-refractivity contribution in [2.24, 2.45) is 5.92 Å². The Balaban J connectivity index is 2.48. The molecule has 0 aromatic heterocycles. The summed E-state index contributed by atoms with van der Waals surface area (Å²) in [6, 6.07) is -0.222. The number of hydrogen-bond acceptors (Lipinski definition) is 3. The number of carbonyl (C=O) groups is 2. The van der Waals surface area contributed by atoms with Crippen LogP contribution in [0.1, 0.15) is 33.1 Å². The molecule has 0 saturated carbocycles. The number of nitrogens with zero attached hydrogens (tertiary/aromatic N) is 1. The molecule has 98 valence electrons. The number of aliphatic hydroxyl groups is 1. The van der Waals surface area contributed by atoms with Crippen LogP contribution in [0.25, 0.3) is 0 Å². The van der Waals surface area contributed by atoms with E-state index in [2.05, 4.69) is 5.32 Å². The first-order valence-corrected chi connectivity index (χ1v) is 6.27. The second-order valence-corrected chi connectivity index (χ2v) is 4.62. The highest BCUT2D eigenvalue weighted by atomic mass is 16.3. The Morgan fingerprint density at radius 2 is 2.24 bits per heavy atom. The van der Waals surface area contributed by atoms with Crippen LogP contribution in [-0.2, 0) is 9.59 Å². The standard InChI is InChI=1S/C12H22N2O3/c1-3-11(16)14-6-4-5-10(7-14)12(17)13-9(2)8-15/h9-10,15H,3-8H2,1-2H3,(H,13,17). The molecule has 0 radical (unpaired) electrons. The van der Waals surface area contributed by atoms with Gasteiger partial charge in [-0.3, -0.25) is 9.59 Å². The predicted molar refractivity (Wildman–Crippen MR) is 64.3 cm³/mol. The molecule has 0 bridgehead atoms. The van der Waals surface area contributed by atoms with Crippen molar-refractivity contribution in [2.75, 3.05) is 19.7 Å². The first-order chi connectivity index (χ1) is 8.08. The van der Waals surface area contributed by atoms with Gasteiger partial charge in [-0.25, -0.2) is 0 Å². The number of piperidine rings is 1. The Kier molecular flexibility index (Phi) is 5.41. The number of carbonyl (C=O) groups excluding carboxylic acids is 2. The molecule has 1 aliphatic rings. The summed E-state index contributed by atoms with van der Waals surface area (Å²) in [4.78, 5) is 25.2. The number of nitrogens with one attached hydrogen (secondary N) is 1. The SMILES string of the molecule is CCC(=O)N1CCCC(C(=O)NC(C)CO)C1. The lowest BCUT2D eigenvalue weighted by molar-refractivity contribution is -0.135. The van der Waals surface area contributed by atoms with Crippen LogP contribution in [0.2, 0.25) is 0 Å². The number of likely N-dealkylation sites (tertiary alicyclic amines) is 1. The van der Waals surface area contributed by atoms with Crippen molar-refractivity contribution in [1.29, 1.82) is 0 Å². The second-order valence-electron chi connectivity index (χ2n) is 4.62. The zero-order chi connectivity index (χ0) is 12.8. The van der Waals surface area contributed by atoms with Gasteiger partial charge in [0.05, 0.1) is 12.5 Å². The molecular weight excluding hydrogens is 220 g/mol. The third-order valence-corrected chi connectivity index (χ3v) is 3.11. The van der Waals surface area contributed by atoms with Crippen LogP contribution in [0.5, 0.6) is 0 Å². The van der Waals surface area contributed by atoms with Crippen LogP contribution < -0.4 is 5.32 Å². The van der Waals surface area contributed by atoms with E-state index in [0.29, 0.717) is 13.0 Å². The molecule has 1 fully saturated rings. The molecule has 5 heteroatoms. The molecule has 2 amide bonds. The molecule has 1 saturated heterocycles. The van der Waals surface area contributed by atoms with Crippen LogP contribution >= 0.6 is 0 Å². The lowest BCUT2D eigenvalue weighted by Crippen LogP contribution is -2.47. The van der Waals surface area contributed by atoms with Crippen molar-refractivity contribution in [3.8, 4) is 0 Å². The minimum absolute atomic E-state index is 0.0554. The molecule has 0 aromatic carbocycles. The summed E-state index contributed by atoms with van der Waals surface area (Å²) in [5, 5.41) is 11.6. The van der Waals surface area contributed by atoms with E-state index >= 15 is 0 Å². The Morgan fingerprint density at radius 3 is 2.82 bits per heavy atom. The van der Waals surface area contributed by atoms with Gasteiger partial charge in [-0.1, -0.05) is 6.92 Å². The summed E-state index contributed by atoms with van der Waals surface area (Å²) in [5.41, 5.74) is 0. The van der Waals surface area contributed by atoms with Crippen LogP contribution in [0.4, 0.5) is 0 Å². The van der Waals surface area contributed by atoms with Gasteiger partial charge in [0.25, 0.3) is 0 Å². The van der Waals surface area contributed by atoms with Crippen LogP contribution in [-0.4, -0.2) is 47.6 Å². The fourth-order valence-corrected chi connectivity index (χ4v) is 2.05. The van der Waals surface area contributed by atoms with Crippen LogP contribution in [0.3, 0.4) is 0 Å². The second kappa shape index (κ2) is 6.59. The Bertz CT molecular complexity index is 281. The monoisotopic (exact) mass is 242 g/mol. The van der Waals surface area contributed by atoms with E-state index in [4.69, 9.17) is 5.11 Å². The molecule has 17 heavy (non-hydrogen) atoms. The van der Waals surface area contributed by atoms with Gasteiger partial charge < -0.3 is 15.3 Å². The molecule has 0 aliphatic carbocycles. The summed E-state index contributed by atoms with van der Waals surface area (Å²) in [6.45, 7) is 4.80. The first kappa shape index (κ1) is 14.0. The van der Waals surface area contributed by atoms with Crippen LogP contribution in [0, 0.1) is 5.92 Å². The summed E-state index contributed by atoms with van der Waals surface area (Å²) >= 11 is 0. The molecule has 1 rings (SSSR count). The van der Waals surface area contributed by atoms with E-state index in [0.717, 1.165) is 19.4 Å². The topological polar surface area (TPSA) is 69.6 Å². The van der Waals surface area contributed by atoms with Crippen molar-refractivity contribution in [3.05, 3.63) is 0 Å². The lowest BCUT2D eigenvalue weighted by Gasteiger charge is -2.32. The van der Waals surface area contributed by atoms with E-state index in [1.165, 1.54) is 0 Å². The normalized spacial score (nSPS) is 22.1. The smallest absolute Gasteiger partial charge is 0.225 e. The highest BCUT2D eigenvalue weighted by Crippen LogP contribution is 2.17. The van der Waals surface area contributed by atoms with Crippen LogP contribution in [0.15, 0.2) is 0 Å². The molecule has 5 nitrogen and oxygen atoms in total. The van der Waals surface area contributed by atoms with E-state index in [1.54, 1.807) is 11.8 Å². The third-order valence-electron chi connectivity index (χ3n) is 3.11. The van der Waals surface area contributed by atoms with Crippen molar-refractivity contribution >= 4 is 11.8 Å². The quantitative estimate of drug-likeness (QED) is 0.736. The Morgan fingerprint density at radius 1 is 1.53 bits per heavy atom. The van der Waals surface area contributed by atoms with E-state index < -0.39 is 0 Å². The van der Waals surface area contributed by atoms with Crippen molar-refractivity contribution in [2.45, 2.75) is 39.2 Å². The first-order valence-electron chi connectivity index (χ1n) is 6.27. The molecule has 2 unspecified atom stereocenters. The van der Waals surface area contributed by atoms with Gasteiger partial charge in [0.15, 0.2) is 0 Å². The summed E-state index contributed by atoms with van der Waals surface area (Å²) in [7, 11) is 0. The van der Waals surface area contributed by atoms with E-state index in [9.17, 15) is 9.59 Å². The Hall–Kier alpha value is -1.10. The maximum atomic E-state index is 11.9. The van der Waals surface area contributed by atoms with Gasteiger partial charge in [0.1, 0.15) is 0 Å². The number of rotatable bonds is 4. The molecule has 2 atom stereocenters. The third kappa shape index (κ3) is 4.00. The molecule has 1 heterocycles. The van der Waals surface area contributed by atoms with Crippen molar-refractivity contribution < 1.29 is 14.7 Å². The molecule has 2 N–H and O–H groups in total. The Labute approximate surface area is 102 Å². The van der Waals surface area contributed by atoms with Gasteiger partial charge in [0.2, 0.25) is 11.8 Å². The number of aliphatic hydroxyl groups excluding tert-OH is 1. The highest BCUT2D eigenvalue weighted by Gasteiger charge is 2.28. The molecule has 1 aliphatic heterocycles. The maximum absolute atomic E-state index is 11.9. The van der Waals surface area contributed by atoms with Gasteiger partial charge in [0, 0.05) is 25.6 Å². The predicted octanol–water partition coefficient (Wildman–Crippen LogP) is 0.132. The van der Waals surface area contributed by atoms with Gasteiger partial charge in [-0.2, -0.15) is 0 Å². The fraction of sp³-hybridized carbons (Fsp3) is 0.833. The van der Waals surface area contributed by atoms with E-state index in [1.807, 2.05) is 6.92 Å². The van der Waals surface area contributed by atoms with Gasteiger partial charge in [-0.15, -0.1) is 0 Å². The van der Waals surface area contributed by atoms with Gasteiger partial charge in [-0.05, 0) is 19.8 Å². The average molecular weight is 242 g/mol. The van der Waals surface area contributed by atoms with E-state index in [-0.39, 0.29) is 30.4 Å². The number of hydrogen-bond donors (Lipinski definition) is 2. The lowest BCUT2D eigenvalue weighted by atomic mass is 9.96. The van der Waals surface area contributed by atoms with Crippen molar-refractivity contribution in [3.63, 3.8) is 0 Å². The zero-order valence-electron chi connectivity index (χ0n) is 10.6. The van der Waals surface area contributed by atoms with Gasteiger partial charge >= 0.3 is 0 Å².